The molecule has 2 N–H and O–H groups in total. The van der Waals surface area contributed by atoms with E-state index in [9.17, 15) is 14.7 Å². The minimum Gasteiger partial charge on any atom is -0.497 e. The van der Waals surface area contributed by atoms with Gasteiger partial charge in [-0.25, -0.2) is 9.59 Å². The number of benzene rings is 1. The fourth-order valence-electron chi connectivity index (χ4n) is 1.95. The van der Waals surface area contributed by atoms with Crippen LogP contribution in [0.25, 0.3) is 0 Å². The third-order valence-electron chi connectivity index (χ3n) is 2.99. The molecule has 1 amide bonds. The van der Waals surface area contributed by atoms with Gasteiger partial charge in [-0.05, 0) is 45.4 Å². The highest BCUT2D eigenvalue weighted by atomic mass is 16.6. The number of hydrogen-bond donors (Lipinski definition) is 2. The van der Waals surface area contributed by atoms with Crippen molar-refractivity contribution >= 4 is 12.1 Å². The Morgan fingerprint density at radius 2 is 1.79 bits per heavy atom. The van der Waals surface area contributed by atoms with Crippen molar-refractivity contribution < 1.29 is 28.9 Å². The Morgan fingerprint density at radius 3 is 2.25 bits per heavy atom. The van der Waals surface area contributed by atoms with Crippen LogP contribution in [0.3, 0.4) is 0 Å². The van der Waals surface area contributed by atoms with E-state index >= 15 is 0 Å². The number of aliphatic hydroxyl groups is 1. The van der Waals surface area contributed by atoms with Gasteiger partial charge in [0.15, 0.2) is 6.10 Å². The van der Waals surface area contributed by atoms with Gasteiger partial charge in [0.05, 0.1) is 19.8 Å². The van der Waals surface area contributed by atoms with E-state index in [-0.39, 0.29) is 6.61 Å². The Labute approximate surface area is 141 Å². The van der Waals surface area contributed by atoms with Crippen LogP contribution in [-0.4, -0.2) is 42.6 Å². The summed E-state index contributed by atoms with van der Waals surface area (Å²) in [6.45, 7) is 6.91. The molecule has 0 unspecified atom stereocenters. The van der Waals surface area contributed by atoms with Gasteiger partial charge in [0.2, 0.25) is 0 Å². The average Bonchev–Trinajstić information content (AvgIpc) is 2.50. The van der Waals surface area contributed by atoms with Gasteiger partial charge in [0, 0.05) is 0 Å². The first kappa shape index (κ1) is 19.8. The molecule has 0 bridgehead atoms. The zero-order valence-electron chi connectivity index (χ0n) is 14.7. The van der Waals surface area contributed by atoms with Crippen LogP contribution < -0.4 is 10.1 Å². The molecule has 0 heterocycles. The number of rotatable bonds is 6. The van der Waals surface area contributed by atoms with Crippen molar-refractivity contribution in [1.29, 1.82) is 0 Å². The number of aliphatic hydroxyl groups excluding tert-OH is 1. The van der Waals surface area contributed by atoms with Gasteiger partial charge in [-0.15, -0.1) is 0 Å². The van der Waals surface area contributed by atoms with Gasteiger partial charge in [-0.2, -0.15) is 0 Å². The molecule has 1 rings (SSSR count). The van der Waals surface area contributed by atoms with E-state index < -0.39 is 29.8 Å². The van der Waals surface area contributed by atoms with Crippen LogP contribution in [0.5, 0.6) is 5.75 Å². The first-order chi connectivity index (χ1) is 11.2. The van der Waals surface area contributed by atoms with Crippen molar-refractivity contribution in [1.82, 2.24) is 5.32 Å². The Bertz CT molecular complexity index is 549. The Morgan fingerprint density at radius 1 is 1.21 bits per heavy atom. The third kappa shape index (κ3) is 6.08. The van der Waals surface area contributed by atoms with E-state index in [0.717, 1.165) is 0 Å². The molecular weight excluding hydrogens is 314 g/mol. The zero-order valence-corrected chi connectivity index (χ0v) is 14.7. The molecule has 7 nitrogen and oxygen atoms in total. The fraction of sp³-hybridized carbons (Fsp3) is 0.529. The van der Waals surface area contributed by atoms with Crippen LogP contribution in [0.4, 0.5) is 4.79 Å². The summed E-state index contributed by atoms with van der Waals surface area (Å²) in [5, 5.41) is 12.8. The minimum absolute atomic E-state index is 0.123. The summed E-state index contributed by atoms with van der Waals surface area (Å²) >= 11 is 0. The standard InChI is InChI=1S/C17H25NO6/c1-6-23-15(20)14(19)13(18-16(21)24-17(2,3)4)11-7-9-12(22-5)10-8-11/h7-10,13-14,19H,6H2,1-5H3,(H,18,21)/t13-,14-/m1/s1. The molecule has 24 heavy (non-hydrogen) atoms. The molecule has 1 aromatic carbocycles. The van der Waals surface area contributed by atoms with Gasteiger partial charge >= 0.3 is 12.1 Å². The SMILES string of the molecule is CCOC(=O)[C@H](O)[C@H](NC(=O)OC(C)(C)C)c1ccc(OC)cc1. The van der Waals surface area contributed by atoms with Crippen molar-refractivity contribution in [3.63, 3.8) is 0 Å². The number of esters is 1. The van der Waals surface area contributed by atoms with Crippen LogP contribution in [0, 0.1) is 0 Å². The molecule has 134 valence electrons. The molecule has 0 saturated heterocycles. The lowest BCUT2D eigenvalue weighted by Crippen LogP contribution is -2.43. The normalized spacial score (nSPS) is 13.6. The highest BCUT2D eigenvalue weighted by Crippen LogP contribution is 2.22. The van der Waals surface area contributed by atoms with Gasteiger partial charge in [-0.1, -0.05) is 12.1 Å². The molecule has 7 heteroatoms. The molecule has 0 saturated carbocycles. The smallest absolute Gasteiger partial charge is 0.408 e. The summed E-state index contributed by atoms with van der Waals surface area (Å²) in [5.41, 5.74) is -0.189. The molecule has 0 fully saturated rings. The van der Waals surface area contributed by atoms with E-state index in [1.807, 2.05) is 0 Å². The zero-order chi connectivity index (χ0) is 18.3. The predicted octanol–water partition coefficient (Wildman–Crippen LogP) is 2.18. The summed E-state index contributed by atoms with van der Waals surface area (Å²) < 4.78 is 15.1. The van der Waals surface area contributed by atoms with Crippen molar-refractivity contribution in [2.24, 2.45) is 0 Å². The predicted molar refractivity (Wildman–Crippen MR) is 87.7 cm³/mol. The number of carbonyl (C=O) groups is 2. The number of methoxy groups -OCH3 is 1. The monoisotopic (exact) mass is 339 g/mol. The van der Waals surface area contributed by atoms with E-state index in [0.29, 0.717) is 11.3 Å². The summed E-state index contributed by atoms with van der Waals surface area (Å²) in [6, 6.07) is 5.60. The van der Waals surface area contributed by atoms with Crippen LogP contribution in [-0.2, 0) is 14.3 Å². The quantitative estimate of drug-likeness (QED) is 0.772. The molecule has 0 aliphatic heterocycles. The molecular formula is C17H25NO6. The van der Waals surface area contributed by atoms with Crippen molar-refractivity contribution in [2.75, 3.05) is 13.7 Å². The maximum atomic E-state index is 12.0. The van der Waals surface area contributed by atoms with Gasteiger partial charge < -0.3 is 24.6 Å². The molecule has 0 radical (unpaired) electrons. The summed E-state index contributed by atoms with van der Waals surface area (Å²) in [4.78, 5) is 23.9. The van der Waals surface area contributed by atoms with Crippen LogP contribution in [0.1, 0.15) is 39.3 Å². The number of carbonyl (C=O) groups excluding carboxylic acids is 2. The summed E-state index contributed by atoms with van der Waals surface area (Å²) in [7, 11) is 1.53. The molecule has 0 spiro atoms. The Balaban J connectivity index is 3.01. The highest BCUT2D eigenvalue weighted by Gasteiger charge is 2.31. The van der Waals surface area contributed by atoms with Crippen molar-refractivity contribution in [2.45, 2.75) is 45.4 Å². The highest BCUT2D eigenvalue weighted by molar-refractivity contribution is 5.77. The van der Waals surface area contributed by atoms with Crippen molar-refractivity contribution in [3.05, 3.63) is 29.8 Å². The van der Waals surface area contributed by atoms with Gasteiger partial charge in [0.1, 0.15) is 11.4 Å². The van der Waals surface area contributed by atoms with E-state index in [1.54, 1.807) is 52.0 Å². The lowest BCUT2D eigenvalue weighted by Gasteiger charge is -2.26. The number of ether oxygens (including phenoxy) is 3. The molecule has 0 aliphatic rings. The molecule has 0 aromatic heterocycles. The van der Waals surface area contributed by atoms with Gasteiger partial charge in [0.25, 0.3) is 0 Å². The number of nitrogens with one attached hydrogen (secondary N) is 1. The molecule has 2 atom stereocenters. The van der Waals surface area contributed by atoms with Crippen LogP contribution >= 0.6 is 0 Å². The third-order valence-corrected chi connectivity index (χ3v) is 2.99. The topological polar surface area (TPSA) is 94.1 Å². The maximum absolute atomic E-state index is 12.0. The summed E-state index contributed by atoms with van der Waals surface area (Å²) in [5.74, 6) is -0.213. The lowest BCUT2D eigenvalue weighted by molar-refractivity contribution is -0.154. The Hall–Kier alpha value is -2.28. The van der Waals surface area contributed by atoms with Crippen LogP contribution in [0.2, 0.25) is 0 Å². The van der Waals surface area contributed by atoms with E-state index in [4.69, 9.17) is 14.2 Å². The molecule has 0 aliphatic carbocycles. The largest absolute Gasteiger partial charge is 0.497 e. The van der Waals surface area contributed by atoms with E-state index in [2.05, 4.69) is 5.32 Å². The lowest BCUT2D eigenvalue weighted by atomic mass is 10.0. The fourth-order valence-corrected chi connectivity index (χ4v) is 1.95. The second kappa shape index (κ2) is 8.54. The van der Waals surface area contributed by atoms with Gasteiger partial charge in [-0.3, -0.25) is 0 Å². The molecule has 1 aromatic rings. The number of alkyl carbamates (subject to hydrolysis) is 1. The summed E-state index contributed by atoms with van der Waals surface area (Å²) in [6.07, 6.45) is -2.31. The first-order valence-corrected chi connectivity index (χ1v) is 7.66. The minimum atomic E-state index is -1.56. The van der Waals surface area contributed by atoms with Crippen LogP contribution in [0.15, 0.2) is 24.3 Å². The van der Waals surface area contributed by atoms with Crippen molar-refractivity contribution in [3.8, 4) is 5.75 Å². The maximum Gasteiger partial charge on any atom is 0.408 e. The first-order valence-electron chi connectivity index (χ1n) is 7.66. The number of hydrogen-bond acceptors (Lipinski definition) is 6. The average molecular weight is 339 g/mol. The second-order valence-corrected chi connectivity index (χ2v) is 6.09. The van der Waals surface area contributed by atoms with E-state index in [1.165, 1.54) is 7.11 Å². The second-order valence-electron chi connectivity index (χ2n) is 6.09. The Kier molecular flexibility index (Phi) is 7.03. The number of amides is 1.